The summed E-state index contributed by atoms with van der Waals surface area (Å²) in [5.74, 6) is 0.0929. The van der Waals surface area contributed by atoms with Crippen LogP contribution in [0.1, 0.15) is 6.92 Å². The first kappa shape index (κ1) is 14.1. The van der Waals surface area contributed by atoms with E-state index in [4.69, 9.17) is 0 Å². The minimum atomic E-state index is 0.0929. The minimum absolute atomic E-state index is 0.0929. The molecular weight excluding hydrogens is 248 g/mol. The fourth-order valence-electron chi connectivity index (χ4n) is 1.99. The SMILES string of the molecule is CCN(C)C(=O)CNc1ccccc1-c1ccccc1. The van der Waals surface area contributed by atoms with Crippen molar-refractivity contribution in [2.45, 2.75) is 6.92 Å². The van der Waals surface area contributed by atoms with Gasteiger partial charge in [-0.2, -0.15) is 0 Å². The van der Waals surface area contributed by atoms with Crippen molar-refractivity contribution in [3.05, 3.63) is 54.6 Å². The summed E-state index contributed by atoms with van der Waals surface area (Å²) < 4.78 is 0. The van der Waals surface area contributed by atoms with E-state index in [1.807, 2.05) is 50.4 Å². The summed E-state index contributed by atoms with van der Waals surface area (Å²) in [5.41, 5.74) is 3.24. The largest absolute Gasteiger partial charge is 0.376 e. The summed E-state index contributed by atoms with van der Waals surface area (Å²) in [5, 5.41) is 3.24. The van der Waals surface area contributed by atoms with Crippen molar-refractivity contribution in [3.63, 3.8) is 0 Å². The third kappa shape index (κ3) is 3.38. The fourth-order valence-corrected chi connectivity index (χ4v) is 1.99. The van der Waals surface area contributed by atoms with E-state index in [1.165, 1.54) is 0 Å². The van der Waals surface area contributed by atoms with Gasteiger partial charge in [-0.25, -0.2) is 0 Å². The lowest BCUT2D eigenvalue weighted by atomic mass is 10.0. The van der Waals surface area contributed by atoms with Gasteiger partial charge < -0.3 is 10.2 Å². The molecule has 0 heterocycles. The van der Waals surface area contributed by atoms with Crippen molar-refractivity contribution in [1.82, 2.24) is 4.90 Å². The van der Waals surface area contributed by atoms with Crippen LogP contribution in [0.15, 0.2) is 54.6 Å². The molecule has 0 fully saturated rings. The van der Waals surface area contributed by atoms with E-state index in [0.29, 0.717) is 6.54 Å². The molecule has 2 aromatic carbocycles. The Labute approximate surface area is 120 Å². The first-order valence-electron chi connectivity index (χ1n) is 6.84. The van der Waals surface area contributed by atoms with E-state index in [-0.39, 0.29) is 5.91 Å². The van der Waals surface area contributed by atoms with Crippen molar-refractivity contribution < 1.29 is 4.79 Å². The molecule has 0 atom stereocenters. The highest BCUT2D eigenvalue weighted by molar-refractivity contribution is 5.84. The standard InChI is InChI=1S/C17H20N2O/c1-3-19(2)17(20)13-18-16-12-8-7-11-15(16)14-9-5-4-6-10-14/h4-12,18H,3,13H2,1-2H3. The molecule has 1 N–H and O–H groups in total. The normalized spacial score (nSPS) is 10.1. The van der Waals surface area contributed by atoms with E-state index in [2.05, 4.69) is 23.5 Å². The lowest BCUT2D eigenvalue weighted by Gasteiger charge is -2.17. The van der Waals surface area contributed by atoms with Crippen LogP contribution in [0.25, 0.3) is 11.1 Å². The second kappa shape index (κ2) is 6.75. The van der Waals surface area contributed by atoms with Gasteiger partial charge in [-0.1, -0.05) is 48.5 Å². The molecule has 0 spiro atoms. The van der Waals surface area contributed by atoms with Gasteiger partial charge in [0.05, 0.1) is 6.54 Å². The number of rotatable bonds is 5. The van der Waals surface area contributed by atoms with Crippen molar-refractivity contribution in [3.8, 4) is 11.1 Å². The molecule has 2 rings (SSSR count). The summed E-state index contributed by atoms with van der Waals surface area (Å²) in [6.07, 6.45) is 0. The molecule has 3 nitrogen and oxygen atoms in total. The Morgan fingerprint density at radius 2 is 1.70 bits per heavy atom. The molecule has 0 aliphatic carbocycles. The van der Waals surface area contributed by atoms with E-state index < -0.39 is 0 Å². The average Bonchev–Trinajstić information content (AvgIpc) is 2.53. The fraction of sp³-hybridized carbons (Fsp3) is 0.235. The van der Waals surface area contributed by atoms with Crippen molar-refractivity contribution in [1.29, 1.82) is 0 Å². The molecule has 0 bridgehead atoms. The average molecular weight is 268 g/mol. The Morgan fingerprint density at radius 1 is 1.05 bits per heavy atom. The number of anilines is 1. The van der Waals surface area contributed by atoms with Crippen LogP contribution in [0.4, 0.5) is 5.69 Å². The molecule has 0 aromatic heterocycles. The zero-order valence-electron chi connectivity index (χ0n) is 12.0. The Hall–Kier alpha value is -2.29. The van der Waals surface area contributed by atoms with Crippen molar-refractivity contribution in [2.75, 3.05) is 25.5 Å². The first-order chi connectivity index (χ1) is 9.72. The zero-order chi connectivity index (χ0) is 14.4. The number of nitrogens with one attached hydrogen (secondary N) is 1. The summed E-state index contributed by atoms with van der Waals surface area (Å²) in [7, 11) is 1.81. The van der Waals surface area contributed by atoms with Crippen LogP contribution in [-0.2, 0) is 4.79 Å². The predicted octanol–water partition coefficient (Wildman–Crippen LogP) is 3.24. The van der Waals surface area contributed by atoms with Crippen LogP contribution in [0.2, 0.25) is 0 Å². The first-order valence-corrected chi connectivity index (χ1v) is 6.84. The highest BCUT2D eigenvalue weighted by Crippen LogP contribution is 2.27. The van der Waals surface area contributed by atoms with Crippen LogP contribution in [-0.4, -0.2) is 30.9 Å². The molecule has 0 aliphatic rings. The highest BCUT2D eigenvalue weighted by atomic mass is 16.2. The second-order valence-electron chi connectivity index (χ2n) is 4.67. The van der Waals surface area contributed by atoms with Gasteiger partial charge in [0.15, 0.2) is 0 Å². The molecule has 2 aromatic rings. The van der Waals surface area contributed by atoms with Crippen LogP contribution in [0, 0.1) is 0 Å². The molecule has 0 aliphatic heterocycles. The van der Waals surface area contributed by atoms with Gasteiger partial charge in [-0.05, 0) is 18.6 Å². The molecule has 0 unspecified atom stereocenters. The number of carbonyl (C=O) groups excluding carboxylic acids is 1. The van der Waals surface area contributed by atoms with Crippen LogP contribution in [0.3, 0.4) is 0 Å². The Morgan fingerprint density at radius 3 is 2.40 bits per heavy atom. The number of hydrogen-bond donors (Lipinski definition) is 1. The molecular formula is C17H20N2O. The molecule has 0 saturated carbocycles. The smallest absolute Gasteiger partial charge is 0.241 e. The third-order valence-electron chi connectivity index (χ3n) is 3.34. The Balaban J connectivity index is 2.15. The number of para-hydroxylation sites is 1. The van der Waals surface area contributed by atoms with E-state index in [1.54, 1.807) is 4.90 Å². The molecule has 0 saturated heterocycles. The quantitative estimate of drug-likeness (QED) is 0.903. The predicted molar refractivity (Wildman–Crippen MR) is 83.7 cm³/mol. The van der Waals surface area contributed by atoms with Gasteiger partial charge in [0.2, 0.25) is 5.91 Å². The van der Waals surface area contributed by atoms with Crippen LogP contribution >= 0.6 is 0 Å². The third-order valence-corrected chi connectivity index (χ3v) is 3.34. The highest BCUT2D eigenvalue weighted by Gasteiger charge is 2.08. The number of carbonyl (C=O) groups is 1. The van der Waals surface area contributed by atoms with Gasteiger partial charge in [-0.15, -0.1) is 0 Å². The van der Waals surface area contributed by atoms with Gasteiger partial charge in [0, 0.05) is 24.8 Å². The molecule has 20 heavy (non-hydrogen) atoms. The van der Waals surface area contributed by atoms with Crippen molar-refractivity contribution >= 4 is 11.6 Å². The van der Waals surface area contributed by atoms with Crippen LogP contribution < -0.4 is 5.32 Å². The van der Waals surface area contributed by atoms with Gasteiger partial charge in [-0.3, -0.25) is 4.79 Å². The number of nitrogens with zero attached hydrogens (tertiary/aromatic N) is 1. The summed E-state index contributed by atoms with van der Waals surface area (Å²) in [4.78, 5) is 13.6. The van der Waals surface area contributed by atoms with Crippen LogP contribution in [0.5, 0.6) is 0 Å². The summed E-state index contributed by atoms with van der Waals surface area (Å²) in [6, 6.07) is 18.2. The zero-order valence-corrected chi connectivity index (χ0v) is 12.0. The molecule has 0 radical (unpaired) electrons. The summed E-state index contributed by atoms with van der Waals surface area (Å²) >= 11 is 0. The number of amides is 1. The van der Waals surface area contributed by atoms with Gasteiger partial charge in [0.25, 0.3) is 0 Å². The lowest BCUT2D eigenvalue weighted by molar-refractivity contribution is -0.127. The lowest BCUT2D eigenvalue weighted by Crippen LogP contribution is -2.31. The second-order valence-corrected chi connectivity index (χ2v) is 4.67. The number of hydrogen-bond acceptors (Lipinski definition) is 2. The Bertz CT molecular complexity index is 566. The number of likely N-dealkylation sites (N-methyl/N-ethyl adjacent to an activating group) is 1. The topological polar surface area (TPSA) is 32.3 Å². The van der Waals surface area contributed by atoms with E-state index in [9.17, 15) is 4.79 Å². The molecule has 1 amide bonds. The maximum absolute atomic E-state index is 11.9. The summed E-state index contributed by atoms with van der Waals surface area (Å²) in [6.45, 7) is 3.00. The minimum Gasteiger partial charge on any atom is -0.376 e. The monoisotopic (exact) mass is 268 g/mol. The maximum Gasteiger partial charge on any atom is 0.241 e. The van der Waals surface area contributed by atoms with E-state index >= 15 is 0 Å². The van der Waals surface area contributed by atoms with E-state index in [0.717, 1.165) is 23.4 Å². The Kier molecular flexibility index (Phi) is 4.77. The van der Waals surface area contributed by atoms with Crippen molar-refractivity contribution in [2.24, 2.45) is 0 Å². The molecule has 104 valence electrons. The molecule has 3 heteroatoms. The maximum atomic E-state index is 11.9. The van der Waals surface area contributed by atoms with Gasteiger partial charge in [0.1, 0.15) is 0 Å². The number of benzene rings is 2. The van der Waals surface area contributed by atoms with Gasteiger partial charge >= 0.3 is 0 Å².